The fourth-order valence-electron chi connectivity index (χ4n) is 0.657. The molecule has 0 saturated heterocycles. The van der Waals surface area contributed by atoms with Crippen LogP contribution in [0.5, 0.6) is 5.75 Å². The second kappa shape index (κ2) is 2.92. The smallest absolute Gasteiger partial charge is 0.178 e. The number of halogens is 1. The SMILES string of the molecule is CSc1cccc(O)c1F. The molecule has 0 aliphatic carbocycles. The van der Waals surface area contributed by atoms with Crippen molar-refractivity contribution in [3.8, 4) is 5.75 Å². The van der Waals surface area contributed by atoms with Gasteiger partial charge in [-0.2, -0.15) is 0 Å². The van der Waals surface area contributed by atoms with Crippen LogP contribution >= 0.6 is 11.8 Å². The van der Waals surface area contributed by atoms with Crippen molar-refractivity contribution >= 4 is 11.8 Å². The Kier molecular flexibility index (Phi) is 2.17. The molecule has 0 heterocycles. The number of phenolic OH excluding ortho intramolecular Hbond substituents is 1. The summed E-state index contributed by atoms with van der Waals surface area (Å²) in [7, 11) is 0. The maximum Gasteiger partial charge on any atom is 0.178 e. The third-order valence-corrected chi connectivity index (χ3v) is 1.92. The minimum Gasteiger partial charge on any atom is -0.505 e. The van der Waals surface area contributed by atoms with E-state index >= 15 is 0 Å². The Labute approximate surface area is 62.9 Å². The molecule has 0 unspecified atom stereocenters. The van der Waals surface area contributed by atoms with E-state index in [0.29, 0.717) is 4.90 Å². The van der Waals surface area contributed by atoms with Crippen molar-refractivity contribution in [1.82, 2.24) is 0 Å². The summed E-state index contributed by atoms with van der Waals surface area (Å²) in [5, 5.41) is 8.84. The zero-order valence-electron chi connectivity index (χ0n) is 5.47. The first-order valence-electron chi connectivity index (χ1n) is 2.77. The van der Waals surface area contributed by atoms with Crippen LogP contribution in [-0.2, 0) is 0 Å². The second-order valence-corrected chi connectivity index (χ2v) is 2.64. The van der Waals surface area contributed by atoms with E-state index in [4.69, 9.17) is 5.11 Å². The summed E-state index contributed by atoms with van der Waals surface area (Å²) in [6.45, 7) is 0. The van der Waals surface area contributed by atoms with E-state index < -0.39 is 5.82 Å². The van der Waals surface area contributed by atoms with Crippen LogP contribution in [-0.4, -0.2) is 11.4 Å². The molecule has 0 aliphatic rings. The largest absolute Gasteiger partial charge is 0.505 e. The topological polar surface area (TPSA) is 20.2 Å². The van der Waals surface area contributed by atoms with E-state index in [9.17, 15) is 4.39 Å². The minimum absolute atomic E-state index is 0.285. The number of phenols is 1. The summed E-state index contributed by atoms with van der Waals surface area (Å²) in [4.78, 5) is 0.472. The highest BCUT2D eigenvalue weighted by atomic mass is 32.2. The van der Waals surface area contributed by atoms with Gasteiger partial charge in [-0.25, -0.2) is 4.39 Å². The molecule has 1 aromatic rings. The van der Waals surface area contributed by atoms with E-state index in [2.05, 4.69) is 0 Å². The molecule has 0 saturated carbocycles. The molecule has 0 atom stereocenters. The lowest BCUT2D eigenvalue weighted by Crippen LogP contribution is -1.79. The average molecular weight is 158 g/mol. The molecule has 0 fully saturated rings. The Morgan fingerprint density at radius 2 is 2.20 bits per heavy atom. The van der Waals surface area contributed by atoms with Crippen molar-refractivity contribution in [1.29, 1.82) is 0 Å². The monoisotopic (exact) mass is 158 g/mol. The lowest BCUT2D eigenvalue weighted by Gasteiger charge is -1.98. The van der Waals surface area contributed by atoms with Gasteiger partial charge in [-0.15, -0.1) is 11.8 Å². The molecule has 0 bridgehead atoms. The number of hydrogen-bond acceptors (Lipinski definition) is 2. The predicted octanol–water partition coefficient (Wildman–Crippen LogP) is 2.25. The van der Waals surface area contributed by atoms with Gasteiger partial charge in [0.25, 0.3) is 0 Å². The third-order valence-electron chi connectivity index (χ3n) is 1.16. The number of thioether (sulfide) groups is 1. The summed E-state index contributed by atoms with van der Waals surface area (Å²) in [5.41, 5.74) is 0. The first-order chi connectivity index (χ1) is 4.75. The standard InChI is InChI=1S/C7H7FOS/c1-10-6-4-2-3-5(9)7(6)8/h2-4,9H,1H3. The van der Waals surface area contributed by atoms with E-state index in [-0.39, 0.29) is 5.75 Å². The molecule has 1 aromatic carbocycles. The van der Waals surface area contributed by atoms with Gasteiger partial charge < -0.3 is 5.11 Å². The van der Waals surface area contributed by atoms with Gasteiger partial charge in [0.05, 0.1) is 0 Å². The Balaban J connectivity index is 3.14. The Bertz CT molecular complexity index is 237. The zero-order chi connectivity index (χ0) is 7.56. The minimum atomic E-state index is -0.532. The molecule has 0 aromatic heterocycles. The first-order valence-corrected chi connectivity index (χ1v) is 3.99. The summed E-state index contributed by atoms with van der Waals surface area (Å²) in [6.07, 6.45) is 1.76. The maximum absolute atomic E-state index is 12.7. The first kappa shape index (κ1) is 7.41. The molecule has 1 rings (SSSR count). The van der Waals surface area contributed by atoms with Crippen LogP contribution in [0.25, 0.3) is 0 Å². The van der Waals surface area contributed by atoms with Gasteiger partial charge in [0.1, 0.15) is 0 Å². The Hall–Kier alpha value is -0.700. The van der Waals surface area contributed by atoms with Gasteiger partial charge in [-0.1, -0.05) is 6.07 Å². The van der Waals surface area contributed by atoms with Crippen LogP contribution in [0.3, 0.4) is 0 Å². The lowest BCUT2D eigenvalue weighted by atomic mass is 10.3. The number of aromatic hydroxyl groups is 1. The van der Waals surface area contributed by atoms with Crippen molar-refractivity contribution in [3.05, 3.63) is 24.0 Å². The Morgan fingerprint density at radius 3 is 2.70 bits per heavy atom. The molecule has 54 valence electrons. The number of rotatable bonds is 1. The van der Waals surface area contributed by atoms with Gasteiger partial charge in [0, 0.05) is 4.90 Å². The van der Waals surface area contributed by atoms with Crippen LogP contribution in [0.1, 0.15) is 0 Å². The molecule has 0 spiro atoms. The van der Waals surface area contributed by atoms with Gasteiger partial charge >= 0.3 is 0 Å². The summed E-state index contributed by atoms with van der Waals surface area (Å²) in [6, 6.07) is 4.57. The number of benzene rings is 1. The highest BCUT2D eigenvalue weighted by Gasteiger charge is 2.03. The quantitative estimate of drug-likeness (QED) is 0.632. The van der Waals surface area contributed by atoms with Gasteiger partial charge in [-0.05, 0) is 18.4 Å². The van der Waals surface area contributed by atoms with Crippen LogP contribution in [0.4, 0.5) is 4.39 Å². The normalized spacial score (nSPS) is 9.80. The van der Waals surface area contributed by atoms with Crippen LogP contribution in [0.2, 0.25) is 0 Å². The predicted molar refractivity (Wildman–Crippen MR) is 39.8 cm³/mol. The van der Waals surface area contributed by atoms with E-state index in [1.165, 1.54) is 17.8 Å². The van der Waals surface area contributed by atoms with E-state index in [1.807, 2.05) is 0 Å². The molecule has 1 nitrogen and oxygen atoms in total. The molecular formula is C7H7FOS. The lowest BCUT2D eigenvalue weighted by molar-refractivity contribution is 0.425. The van der Waals surface area contributed by atoms with Gasteiger partial charge in [0.2, 0.25) is 0 Å². The summed E-state index contributed by atoms with van der Waals surface area (Å²) in [5.74, 6) is -0.818. The van der Waals surface area contributed by atoms with Crippen molar-refractivity contribution < 1.29 is 9.50 Å². The number of hydrogen-bond donors (Lipinski definition) is 1. The zero-order valence-corrected chi connectivity index (χ0v) is 6.28. The highest BCUT2D eigenvalue weighted by molar-refractivity contribution is 7.98. The molecule has 1 N–H and O–H groups in total. The van der Waals surface area contributed by atoms with E-state index in [0.717, 1.165) is 0 Å². The third kappa shape index (κ3) is 1.24. The fraction of sp³-hybridized carbons (Fsp3) is 0.143. The van der Waals surface area contributed by atoms with E-state index in [1.54, 1.807) is 18.4 Å². The van der Waals surface area contributed by atoms with Crippen molar-refractivity contribution in [2.24, 2.45) is 0 Å². The molecule has 0 amide bonds. The van der Waals surface area contributed by atoms with Gasteiger partial charge in [0.15, 0.2) is 11.6 Å². The molecule has 0 radical (unpaired) electrons. The molecule has 0 aliphatic heterocycles. The second-order valence-electron chi connectivity index (χ2n) is 1.79. The molecule has 3 heteroatoms. The van der Waals surface area contributed by atoms with Crippen LogP contribution in [0, 0.1) is 5.82 Å². The average Bonchev–Trinajstić information content (AvgIpc) is 1.95. The summed E-state index contributed by atoms with van der Waals surface area (Å²) < 4.78 is 12.7. The highest BCUT2D eigenvalue weighted by Crippen LogP contribution is 2.25. The summed E-state index contributed by atoms with van der Waals surface area (Å²) >= 11 is 1.27. The maximum atomic E-state index is 12.7. The fourth-order valence-corrected chi connectivity index (χ4v) is 1.16. The van der Waals surface area contributed by atoms with Gasteiger partial charge in [-0.3, -0.25) is 0 Å². The van der Waals surface area contributed by atoms with Crippen molar-refractivity contribution in [2.75, 3.05) is 6.26 Å². The Morgan fingerprint density at radius 1 is 1.50 bits per heavy atom. The van der Waals surface area contributed by atoms with Crippen LogP contribution in [0.15, 0.2) is 23.1 Å². The van der Waals surface area contributed by atoms with Crippen LogP contribution < -0.4 is 0 Å². The molecular weight excluding hydrogens is 151 g/mol. The van der Waals surface area contributed by atoms with Crippen molar-refractivity contribution in [2.45, 2.75) is 4.90 Å². The molecule has 10 heavy (non-hydrogen) atoms. The van der Waals surface area contributed by atoms with Crippen molar-refractivity contribution in [3.63, 3.8) is 0 Å².